The molecular weight excluding hydrogens is 218 g/mol. The zero-order valence-corrected chi connectivity index (χ0v) is 10.8. The summed E-state index contributed by atoms with van der Waals surface area (Å²) in [7, 11) is 1.71. The molecule has 1 saturated heterocycles. The zero-order valence-electron chi connectivity index (χ0n) is 10.8. The van der Waals surface area contributed by atoms with Crippen molar-refractivity contribution in [3.05, 3.63) is 0 Å². The largest absolute Gasteiger partial charge is 0.393 e. The average molecular weight is 243 g/mol. The number of aliphatic hydroxyl groups excluding tert-OH is 1. The first-order valence-electron chi connectivity index (χ1n) is 6.72. The number of rotatable bonds is 3. The quantitative estimate of drug-likeness (QED) is 0.782. The fraction of sp³-hybridized carbons (Fsp3) is 1.00. The Balaban J connectivity index is 2.13. The lowest BCUT2D eigenvalue weighted by Crippen LogP contribution is -2.66. The third-order valence-electron chi connectivity index (χ3n) is 4.49. The van der Waals surface area contributed by atoms with Crippen molar-refractivity contribution >= 4 is 0 Å². The molecule has 1 saturated carbocycles. The predicted octanol–water partition coefficient (Wildman–Crippen LogP) is 1.20. The summed E-state index contributed by atoms with van der Waals surface area (Å²) in [5.41, 5.74) is 5.94. The van der Waals surface area contributed by atoms with Crippen molar-refractivity contribution in [2.24, 2.45) is 5.73 Å². The van der Waals surface area contributed by atoms with Gasteiger partial charge in [-0.2, -0.15) is 0 Å². The van der Waals surface area contributed by atoms with Crippen molar-refractivity contribution in [1.82, 2.24) is 0 Å². The van der Waals surface area contributed by atoms with E-state index in [1.807, 2.05) is 0 Å². The Labute approximate surface area is 103 Å². The summed E-state index contributed by atoms with van der Waals surface area (Å²) in [5, 5.41) is 9.63. The van der Waals surface area contributed by atoms with Gasteiger partial charge < -0.3 is 20.3 Å². The molecule has 1 heterocycles. The van der Waals surface area contributed by atoms with Crippen LogP contribution in [0.1, 0.15) is 44.9 Å². The van der Waals surface area contributed by atoms with Gasteiger partial charge in [0.15, 0.2) is 0 Å². The normalized spacial score (nSPS) is 43.6. The number of nitrogens with two attached hydrogens (primary N) is 1. The van der Waals surface area contributed by atoms with Gasteiger partial charge in [-0.1, -0.05) is 0 Å². The number of ether oxygens (including phenoxy) is 2. The fourth-order valence-electron chi connectivity index (χ4n) is 3.31. The van der Waals surface area contributed by atoms with Crippen molar-refractivity contribution in [3.63, 3.8) is 0 Å². The molecule has 0 amide bonds. The standard InChI is InChI=1S/C13H25NO3/c1-16-10-13(6-2-3-9-17-13)12(14)7-4-11(15)5-8-12/h11,15H,2-10,14H2,1H3. The molecule has 3 N–H and O–H groups in total. The van der Waals surface area contributed by atoms with E-state index in [1.165, 1.54) is 0 Å². The van der Waals surface area contributed by atoms with Crippen LogP contribution in [0.2, 0.25) is 0 Å². The average Bonchev–Trinajstić information content (AvgIpc) is 2.35. The summed E-state index contributed by atoms with van der Waals surface area (Å²) >= 11 is 0. The van der Waals surface area contributed by atoms with Gasteiger partial charge in [-0.05, 0) is 44.9 Å². The molecule has 2 aliphatic rings. The summed E-state index contributed by atoms with van der Waals surface area (Å²) in [5.74, 6) is 0. The van der Waals surface area contributed by atoms with E-state index >= 15 is 0 Å². The van der Waals surface area contributed by atoms with E-state index in [2.05, 4.69) is 0 Å². The number of hydrogen-bond donors (Lipinski definition) is 2. The third-order valence-corrected chi connectivity index (χ3v) is 4.49. The minimum absolute atomic E-state index is 0.185. The van der Waals surface area contributed by atoms with E-state index in [9.17, 15) is 5.11 Å². The Morgan fingerprint density at radius 2 is 2.00 bits per heavy atom. The predicted molar refractivity (Wildman–Crippen MR) is 65.8 cm³/mol. The van der Waals surface area contributed by atoms with Crippen LogP contribution in [0.15, 0.2) is 0 Å². The Hall–Kier alpha value is -0.160. The SMILES string of the molecule is COCC1(C2(N)CCC(O)CC2)CCCCO1. The number of methoxy groups -OCH3 is 1. The summed E-state index contributed by atoms with van der Waals surface area (Å²) in [6.07, 6.45) is 6.30. The van der Waals surface area contributed by atoms with Gasteiger partial charge in [0, 0.05) is 19.3 Å². The molecule has 4 heteroatoms. The molecule has 17 heavy (non-hydrogen) atoms. The first kappa shape index (κ1) is 13.3. The highest BCUT2D eigenvalue weighted by molar-refractivity contribution is 5.08. The molecule has 1 aliphatic heterocycles. The minimum atomic E-state index is -0.333. The van der Waals surface area contributed by atoms with Crippen LogP contribution in [0.3, 0.4) is 0 Å². The summed E-state index contributed by atoms with van der Waals surface area (Å²) in [4.78, 5) is 0. The molecule has 0 bridgehead atoms. The molecule has 1 atom stereocenters. The summed E-state index contributed by atoms with van der Waals surface area (Å²) < 4.78 is 11.4. The minimum Gasteiger partial charge on any atom is -0.393 e. The molecule has 0 aromatic carbocycles. The van der Waals surface area contributed by atoms with Crippen molar-refractivity contribution in [2.75, 3.05) is 20.3 Å². The molecule has 4 nitrogen and oxygen atoms in total. The second kappa shape index (κ2) is 5.22. The van der Waals surface area contributed by atoms with Crippen LogP contribution in [0.25, 0.3) is 0 Å². The lowest BCUT2D eigenvalue weighted by Gasteiger charge is -2.52. The van der Waals surface area contributed by atoms with Gasteiger partial charge in [0.05, 0.1) is 12.7 Å². The third kappa shape index (κ3) is 2.50. The van der Waals surface area contributed by atoms with Gasteiger partial charge in [-0.15, -0.1) is 0 Å². The van der Waals surface area contributed by atoms with Gasteiger partial charge in [-0.25, -0.2) is 0 Å². The number of hydrogen-bond acceptors (Lipinski definition) is 4. The topological polar surface area (TPSA) is 64.7 Å². The Morgan fingerprint density at radius 1 is 1.29 bits per heavy atom. The molecule has 0 aromatic heterocycles. The highest BCUT2D eigenvalue weighted by Crippen LogP contribution is 2.42. The first-order chi connectivity index (χ1) is 8.12. The second-order valence-electron chi connectivity index (χ2n) is 5.62. The fourth-order valence-corrected chi connectivity index (χ4v) is 3.31. The van der Waals surface area contributed by atoms with E-state index in [4.69, 9.17) is 15.2 Å². The van der Waals surface area contributed by atoms with Crippen molar-refractivity contribution in [1.29, 1.82) is 0 Å². The van der Waals surface area contributed by atoms with E-state index in [1.54, 1.807) is 7.11 Å². The van der Waals surface area contributed by atoms with Gasteiger partial charge in [0.1, 0.15) is 5.60 Å². The number of aliphatic hydroxyl groups is 1. The molecule has 1 unspecified atom stereocenters. The van der Waals surface area contributed by atoms with Crippen LogP contribution in [0.5, 0.6) is 0 Å². The van der Waals surface area contributed by atoms with Crippen LogP contribution in [0, 0.1) is 0 Å². The van der Waals surface area contributed by atoms with Gasteiger partial charge in [0.2, 0.25) is 0 Å². The van der Waals surface area contributed by atoms with Crippen molar-refractivity contribution in [2.45, 2.75) is 62.2 Å². The van der Waals surface area contributed by atoms with Crippen LogP contribution < -0.4 is 5.73 Å². The maximum atomic E-state index is 9.63. The maximum absolute atomic E-state index is 9.63. The van der Waals surface area contributed by atoms with E-state index < -0.39 is 0 Å². The van der Waals surface area contributed by atoms with Crippen molar-refractivity contribution < 1.29 is 14.6 Å². The van der Waals surface area contributed by atoms with Crippen LogP contribution in [0.4, 0.5) is 0 Å². The van der Waals surface area contributed by atoms with E-state index in [-0.39, 0.29) is 17.2 Å². The van der Waals surface area contributed by atoms with E-state index in [0.717, 1.165) is 51.6 Å². The highest BCUT2D eigenvalue weighted by Gasteiger charge is 2.51. The second-order valence-corrected chi connectivity index (χ2v) is 5.62. The smallest absolute Gasteiger partial charge is 0.109 e. The Kier molecular flexibility index (Phi) is 4.08. The molecule has 0 aromatic rings. The molecule has 0 radical (unpaired) electrons. The maximum Gasteiger partial charge on any atom is 0.109 e. The molecule has 2 fully saturated rings. The molecule has 1 aliphatic carbocycles. The zero-order chi connectivity index (χ0) is 12.4. The summed E-state index contributed by atoms with van der Waals surface area (Å²) in [6.45, 7) is 1.35. The van der Waals surface area contributed by atoms with Crippen LogP contribution >= 0.6 is 0 Å². The first-order valence-corrected chi connectivity index (χ1v) is 6.72. The van der Waals surface area contributed by atoms with Gasteiger partial charge in [0.25, 0.3) is 0 Å². The van der Waals surface area contributed by atoms with E-state index in [0.29, 0.717) is 6.61 Å². The molecule has 100 valence electrons. The molecular formula is C13H25NO3. The van der Waals surface area contributed by atoms with Crippen molar-refractivity contribution in [3.8, 4) is 0 Å². The van der Waals surface area contributed by atoms with Gasteiger partial charge >= 0.3 is 0 Å². The van der Waals surface area contributed by atoms with Crippen LogP contribution in [-0.2, 0) is 9.47 Å². The lowest BCUT2D eigenvalue weighted by atomic mass is 9.67. The highest BCUT2D eigenvalue weighted by atomic mass is 16.5. The Bertz CT molecular complexity index is 238. The van der Waals surface area contributed by atoms with Crippen LogP contribution in [-0.4, -0.2) is 42.7 Å². The van der Waals surface area contributed by atoms with Gasteiger partial charge in [-0.3, -0.25) is 0 Å². The monoisotopic (exact) mass is 243 g/mol. The Morgan fingerprint density at radius 3 is 2.53 bits per heavy atom. The molecule has 2 rings (SSSR count). The summed E-state index contributed by atoms with van der Waals surface area (Å²) in [6, 6.07) is 0. The lowest BCUT2D eigenvalue weighted by molar-refractivity contribution is -0.169. The molecule has 0 spiro atoms.